The summed E-state index contributed by atoms with van der Waals surface area (Å²) in [7, 11) is -9.88. The fraction of sp³-hybridized carbons (Fsp3) is 0.939. The van der Waals surface area contributed by atoms with E-state index in [4.69, 9.17) is 37.0 Å². The molecule has 5 atom stereocenters. The van der Waals surface area contributed by atoms with Crippen molar-refractivity contribution in [2.24, 2.45) is 5.92 Å². The third-order valence-electron chi connectivity index (χ3n) is 15.3. The second-order valence-electron chi connectivity index (χ2n) is 24.3. The van der Waals surface area contributed by atoms with Crippen LogP contribution >= 0.6 is 15.6 Å². The number of esters is 4. The number of hydrogen-bond donors (Lipinski definition) is 3. The predicted molar refractivity (Wildman–Crippen MR) is 340 cm³/mol. The molecule has 2 unspecified atom stereocenters. The number of phosphoric acid groups is 2. The van der Waals surface area contributed by atoms with Crippen LogP contribution < -0.4 is 0 Å². The molecule has 19 heteroatoms. The lowest BCUT2D eigenvalue weighted by molar-refractivity contribution is -0.161. The molecular weight excluding hydrogens is 1130 g/mol. The van der Waals surface area contributed by atoms with Crippen LogP contribution in [0.25, 0.3) is 0 Å². The summed E-state index contributed by atoms with van der Waals surface area (Å²) in [5.74, 6) is -1.48. The van der Waals surface area contributed by atoms with Crippen molar-refractivity contribution in [1.82, 2.24) is 0 Å². The largest absolute Gasteiger partial charge is 0.472 e. The Labute approximate surface area is 517 Å². The van der Waals surface area contributed by atoms with Gasteiger partial charge in [0.2, 0.25) is 0 Å². The molecule has 3 N–H and O–H groups in total. The molecule has 0 fully saturated rings. The van der Waals surface area contributed by atoms with E-state index in [-0.39, 0.29) is 25.7 Å². The lowest BCUT2D eigenvalue weighted by atomic mass is 10.0. The Morgan fingerprint density at radius 3 is 0.800 bits per heavy atom. The van der Waals surface area contributed by atoms with Gasteiger partial charge in [-0.25, -0.2) is 9.13 Å². The van der Waals surface area contributed by atoms with Gasteiger partial charge >= 0.3 is 39.5 Å². The maximum atomic E-state index is 13.0. The minimum absolute atomic E-state index is 0.101. The van der Waals surface area contributed by atoms with Crippen molar-refractivity contribution in [3.63, 3.8) is 0 Å². The molecule has 0 rings (SSSR count). The Kier molecular flexibility index (Phi) is 58.3. The minimum Gasteiger partial charge on any atom is -0.462 e. The first kappa shape index (κ1) is 83.1. The molecule has 17 nitrogen and oxygen atoms in total. The van der Waals surface area contributed by atoms with Gasteiger partial charge in [0.1, 0.15) is 19.3 Å². The number of carbonyl (C=O) groups excluding carboxylic acids is 4. The van der Waals surface area contributed by atoms with Crippen molar-refractivity contribution in [2.75, 3.05) is 39.6 Å². The number of aliphatic hydroxyl groups is 1. The number of phosphoric ester groups is 2. The first-order valence-corrected chi connectivity index (χ1v) is 37.6. The van der Waals surface area contributed by atoms with E-state index < -0.39 is 97.5 Å². The normalized spacial score (nSPS) is 14.2. The van der Waals surface area contributed by atoms with E-state index in [0.717, 1.165) is 96.3 Å². The standard InChI is InChI=1S/C66H128O17P2/c1-6-9-12-15-17-19-21-22-23-24-25-26-27-28-29-30-31-33-35-41-46-51-65(70)82-62(56-77-64(69)50-45-40-34-32-20-18-16-13-10-7-2)58-81-85(74,75)79-54-60(67)53-78-84(72,73)80-57-61(55-76-63(68)49-44-38-14-11-8-3)83-66(71)52-47-42-37-36-39-43-48-59(4)5/h59-62,67H,6-58H2,1-5H3,(H,72,73)(H,74,75)/t60-,61+,62+/m0/s1. The zero-order chi connectivity index (χ0) is 62.8. The lowest BCUT2D eigenvalue weighted by Gasteiger charge is -2.21. The third-order valence-corrected chi connectivity index (χ3v) is 17.2. The minimum atomic E-state index is -4.94. The van der Waals surface area contributed by atoms with Gasteiger partial charge in [-0.3, -0.25) is 37.3 Å². The van der Waals surface area contributed by atoms with Gasteiger partial charge in [-0.2, -0.15) is 0 Å². The summed E-state index contributed by atoms with van der Waals surface area (Å²) in [5.41, 5.74) is 0. The number of unbranched alkanes of at least 4 members (excludes halogenated alkanes) is 38. The van der Waals surface area contributed by atoms with Crippen LogP contribution in [-0.4, -0.2) is 96.7 Å². The molecule has 0 heterocycles. The fourth-order valence-corrected chi connectivity index (χ4v) is 11.5. The summed E-state index contributed by atoms with van der Waals surface area (Å²) in [6, 6.07) is 0. The monoisotopic (exact) mass is 1250 g/mol. The first-order valence-electron chi connectivity index (χ1n) is 34.6. The molecule has 0 radical (unpaired) electrons. The van der Waals surface area contributed by atoms with E-state index in [2.05, 4.69) is 34.6 Å². The molecule has 0 saturated heterocycles. The Morgan fingerprint density at radius 1 is 0.318 bits per heavy atom. The Hall–Kier alpha value is -1.94. The van der Waals surface area contributed by atoms with Crippen LogP contribution in [0.5, 0.6) is 0 Å². The van der Waals surface area contributed by atoms with Crippen LogP contribution in [0.4, 0.5) is 0 Å². The maximum Gasteiger partial charge on any atom is 0.472 e. The van der Waals surface area contributed by atoms with Crippen LogP contribution in [-0.2, 0) is 65.4 Å². The summed E-state index contributed by atoms with van der Waals surface area (Å²) in [6.45, 7) is 7.01. The van der Waals surface area contributed by atoms with Crippen molar-refractivity contribution in [3.05, 3.63) is 0 Å². The number of rotatable bonds is 66. The Bertz CT molecular complexity index is 1650. The van der Waals surface area contributed by atoms with E-state index in [0.29, 0.717) is 31.6 Å². The molecule has 0 aliphatic carbocycles. The van der Waals surface area contributed by atoms with E-state index in [1.165, 1.54) is 154 Å². The molecule has 0 aromatic rings. The predicted octanol–water partition coefficient (Wildman–Crippen LogP) is 18.6. The van der Waals surface area contributed by atoms with Gasteiger partial charge < -0.3 is 33.8 Å². The Balaban J connectivity index is 5.06. The van der Waals surface area contributed by atoms with E-state index in [9.17, 15) is 43.2 Å². The van der Waals surface area contributed by atoms with Crippen molar-refractivity contribution in [2.45, 2.75) is 355 Å². The summed E-state index contributed by atoms with van der Waals surface area (Å²) in [6.07, 6.45) is 45.2. The first-order chi connectivity index (χ1) is 41.0. The third kappa shape index (κ3) is 60.7. The quantitative estimate of drug-likeness (QED) is 0.0222. The fourth-order valence-electron chi connectivity index (χ4n) is 9.94. The van der Waals surface area contributed by atoms with Crippen LogP contribution in [0.1, 0.15) is 336 Å². The molecule has 0 amide bonds. The molecular formula is C66H128O17P2. The molecule has 0 bridgehead atoms. The highest BCUT2D eigenvalue weighted by atomic mass is 31.2. The van der Waals surface area contributed by atoms with Gasteiger partial charge in [-0.05, 0) is 31.6 Å². The van der Waals surface area contributed by atoms with Crippen LogP contribution in [0.3, 0.4) is 0 Å². The zero-order valence-corrected chi connectivity index (χ0v) is 56.5. The van der Waals surface area contributed by atoms with Crippen molar-refractivity contribution < 1.29 is 80.2 Å². The molecule has 0 aliphatic rings. The summed E-state index contributed by atoms with van der Waals surface area (Å²) in [4.78, 5) is 71.9. The SMILES string of the molecule is CCCCCCCCCCCCCCCCCCCCCCCC(=O)O[C@H](COC(=O)CCCCCCCCCCCC)COP(=O)(O)OC[C@@H](O)COP(=O)(O)OC[C@@H](COC(=O)CCCCCCC)OC(=O)CCCCCCCCC(C)C. The topological polar surface area (TPSA) is 237 Å². The second kappa shape index (κ2) is 59.7. The van der Waals surface area contributed by atoms with Crippen LogP contribution in [0.2, 0.25) is 0 Å². The van der Waals surface area contributed by atoms with E-state index in [1.54, 1.807) is 0 Å². The molecule has 0 aromatic carbocycles. The smallest absolute Gasteiger partial charge is 0.462 e. The molecule has 0 saturated carbocycles. The maximum absolute atomic E-state index is 13.0. The van der Waals surface area contributed by atoms with Gasteiger partial charge in [0, 0.05) is 25.7 Å². The summed E-state index contributed by atoms with van der Waals surface area (Å²) >= 11 is 0. The van der Waals surface area contributed by atoms with E-state index in [1.807, 2.05) is 0 Å². The van der Waals surface area contributed by atoms with Gasteiger partial charge in [0.05, 0.1) is 26.4 Å². The van der Waals surface area contributed by atoms with Crippen molar-refractivity contribution in [1.29, 1.82) is 0 Å². The van der Waals surface area contributed by atoms with Crippen molar-refractivity contribution >= 4 is 39.5 Å². The van der Waals surface area contributed by atoms with Gasteiger partial charge in [0.25, 0.3) is 0 Å². The summed E-state index contributed by atoms with van der Waals surface area (Å²) in [5, 5.41) is 10.5. The number of ether oxygens (including phenoxy) is 4. The average Bonchev–Trinajstić information content (AvgIpc) is 3.51. The molecule has 0 aliphatic heterocycles. The van der Waals surface area contributed by atoms with Crippen LogP contribution in [0.15, 0.2) is 0 Å². The highest BCUT2D eigenvalue weighted by Crippen LogP contribution is 2.45. The second-order valence-corrected chi connectivity index (χ2v) is 27.2. The summed E-state index contributed by atoms with van der Waals surface area (Å²) < 4.78 is 67.8. The van der Waals surface area contributed by atoms with Crippen LogP contribution in [0, 0.1) is 5.92 Å². The zero-order valence-electron chi connectivity index (χ0n) is 54.7. The molecule has 0 aromatic heterocycles. The number of aliphatic hydroxyl groups excluding tert-OH is 1. The lowest BCUT2D eigenvalue weighted by Crippen LogP contribution is -2.30. The molecule has 0 spiro atoms. The van der Waals surface area contributed by atoms with Gasteiger partial charge in [-0.15, -0.1) is 0 Å². The Morgan fingerprint density at radius 2 is 0.541 bits per heavy atom. The van der Waals surface area contributed by atoms with Gasteiger partial charge in [-0.1, -0.05) is 285 Å². The van der Waals surface area contributed by atoms with Crippen molar-refractivity contribution in [3.8, 4) is 0 Å². The van der Waals surface area contributed by atoms with Gasteiger partial charge in [0.15, 0.2) is 12.2 Å². The number of carbonyl (C=O) groups is 4. The highest BCUT2D eigenvalue weighted by molar-refractivity contribution is 7.47. The number of hydrogen-bond acceptors (Lipinski definition) is 15. The van der Waals surface area contributed by atoms with E-state index >= 15 is 0 Å². The highest BCUT2D eigenvalue weighted by Gasteiger charge is 2.30. The average molecular weight is 1260 g/mol. The molecule has 85 heavy (non-hydrogen) atoms. The molecule has 504 valence electrons.